The number of halogens is 1. The number of rotatable bonds is 3. The molecule has 0 heterocycles. The maximum Gasteiger partial charge on any atom is 0.275 e. The zero-order valence-corrected chi connectivity index (χ0v) is 10.1. The van der Waals surface area contributed by atoms with Crippen LogP contribution in [-0.4, -0.2) is 18.7 Å². The molecule has 0 saturated carbocycles. The molecule has 5 heteroatoms. The van der Waals surface area contributed by atoms with E-state index in [-0.39, 0.29) is 5.91 Å². The Morgan fingerprint density at radius 3 is 2.69 bits per heavy atom. The third kappa shape index (κ3) is 3.24. The van der Waals surface area contributed by atoms with Crippen LogP contribution in [0.4, 0.5) is 0 Å². The van der Waals surface area contributed by atoms with Crippen LogP contribution < -0.4 is 10.2 Å². The summed E-state index contributed by atoms with van der Waals surface area (Å²) in [6.07, 6.45) is 0. The number of hydrogen-bond acceptors (Lipinski definition) is 3. The van der Waals surface area contributed by atoms with E-state index in [9.17, 15) is 4.79 Å². The highest BCUT2D eigenvalue weighted by atomic mass is 35.5. The van der Waals surface area contributed by atoms with Crippen molar-refractivity contribution in [3.63, 3.8) is 0 Å². The fraction of sp³-hybridized carbons (Fsp3) is 0.273. The van der Waals surface area contributed by atoms with Gasteiger partial charge in [-0.15, -0.1) is 0 Å². The van der Waals surface area contributed by atoms with Crippen molar-refractivity contribution in [3.05, 3.63) is 28.8 Å². The second kappa shape index (κ2) is 5.51. The smallest absolute Gasteiger partial charge is 0.275 e. The van der Waals surface area contributed by atoms with Gasteiger partial charge < -0.3 is 4.74 Å². The lowest BCUT2D eigenvalue weighted by Crippen LogP contribution is -2.19. The molecule has 1 N–H and O–H groups in total. The van der Waals surface area contributed by atoms with Crippen LogP contribution in [0, 0.1) is 0 Å². The number of benzene rings is 1. The van der Waals surface area contributed by atoms with Crippen LogP contribution >= 0.6 is 11.6 Å². The van der Waals surface area contributed by atoms with E-state index < -0.39 is 0 Å². The highest BCUT2D eigenvalue weighted by Crippen LogP contribution is 2.22. The molecule has 0 radical (unpaired) electrons. The van der Waals surface area contributed by atoms with E-state index >= 15 is 0 Å². The summed E-state index contributed by atoms with van der Waals surface area (Å²) in [5, 5.41) is 4.30. The summed E-state index contributed by atoms with van der Waals surface area (Å²) in [6.45, 7) is 3.57. The van der Waals surface area contributed by atoms with Crippen molar-refractivity contribution < 1.29 is 9.53 Å². The second-order valence-corrected chi connectivity index (χ2v) is 3.78. The number of hydrogen-bond donors (Lipinski definition) is 1. The minimum atomic E-state index is -0.347. The molecule has 16 heavy (non-hydrogen) atoms. The van der Waals surface area contributed by atoms with Crippen LogP contribution in [-0.2, 0) is 0 Å². The van der Waals surface area contributed by atoms with E-state index in [0.29, 0.717) is 16.3 Å². The summed E-state index contributed by atoms with van der Waals surface area (Å²) in [6, 6.07) is 4.83. The highest BCUT2D eigenvalue weighted by Gasteiger charge is 2.11. The first-order chi connectivity index (χ1) is 7.54. The van der Waals surface area contributed by atoms with Crippen molar-refractivity contribution in [1.29, 1.82) is 0 Å². The summed E-state index contributed by atoms with van der Waals surface area (Å²) in [7, 11) is 1.49. The molecular weight excluding hydrogens is 228 g/mol. The van der Waals surface area contributed by atoms with Gasteiger partial charge >= 0.3 is 0 Å². The van der Waals surface area contributed by atoms with E-state index in [1.807, 2.05) is 0 Å². The lowest BCUT2D eigenvalue weighted by molar-refractivity contribution is 0.0951. The summed E-state index contributed by atoms with van der Waals surface area (Å²) in [5.74, 6) is 0.117. The van der Waals surface area contributed by atoms with Crippen LogP contribution in [0.1, 0.15) is 24.2 Å². The zero-order valence-electron chi connectivity index (χ0n) is 9.37. The van der Waals surface area contributed by atoms with Gasteiger partial charge in [-0.05, 0) is 32.0 Å². The van der Waals surface area contributed by atoms with Crippen molar-refractivity contribution in [1.82, 2.24) is 5.43 Å². The van der Waals surface area contributed by atoms with Crippen LogP contribution in [0.15, 0.2) is 23.3 Å². The number of amides is 1. The Labute approximate surface area is 99.2 Å². The molecule has 0 saturated heterocycles. The molecule has 1 aromatic carbocycles. The Hall–Kier alpha value is -1.55. The molecule has 0 aliphatic carbocycles. The van der Waals surface area contributed by atoms with Crippen molar-refractivity contribution in [2.75, 3.05) is 7.11 Å². The van der Waals surface area contributed by atoms with Crippen LogP contribution in [0.25, 0.3) is 0 Å². The molecule has 1 amide bonds. The second-order valence-electron chi connectivity index (χ2n) is 3.34. The number of carbonyl (C=O) groups excluding carboxylic acids is 1. The molecule has 0 unspecified atom stereocenters. The third-order valence-electron chi connectivity index (χ3n) is 1.79. The van der Waals surface area contributed by atoms with Gasteiger partial charge in [-0.25, -0.2) is 5.43 Å². The number of carbonyl (C=O) groups is 1. The first kappa shape index (κ1) is 12.5. The summed E-state index contributed by atoms with van der Waals surface area (Å²) in [5.41, 5.74) is 3.53. The molecule has 0 atom stereocenters. The summed E-state index contributed by atoms with van der Waals surface area (Å²) in [4.78, 5) is 11.7. The third-order valence-corrected chi connectivity index (χ3v) is 2.02. The summed E-state index contributed by atoms with van der Waals surface area (Å²) >= 11 is 5.81. The molecule has 0 aliphatic heterocycles. The van der Waals surface area contributed by atoms with Gasteiger partial charge in [-0.2, -0.15) is 5.10 Å². The topological polar surface area (TPSA) is 50.7 Å². The average Bonchev–Trinajstić information content (AvgIpc) is 2.25. The summed E-state index contributed by atoms with van der Waals surface area (Å²) < 4.78 is 5.06. The molecule has 86 valence electrons. The van der Waals surface area contributed by atoms with Crippen molar-refractivity contribution in [3.8, 4) is 5.75 Å². The van der Waals surface area contributed by atoms with Gasteiger partial charge in [0.25, 0.3) is 5.91 Å². The monoisotopic (exact) mass is 240 g/mol. The van der Waals surface area contributed by atoms with E-state index in [1.54, 1.807) is 26.0 Å². The van der Waals surface area contributed by atoms with Crippen molar-refractivity contribution in [2.45, 2.75) is 13.8 Å². The average molecular weight is 241 g/mol. The first-order valence-electron chi connectivity index (χ1n) is 4.69. The van der Waals surface area contributed by atoms with Gasteiger partial charge in [-0.1, -0.05) is 11.6 Å². The number of ether oxygens (including phenoxy) is 1. The molecule has 4 nitrogen and oxygen atoms in total. The SMILES string of the molecule is COc1ccc(Cl)cc1C(=O)NN=C(C)C. The molecule has 0 bridgehead atoms. The molecule has 0 spiro atoms. The molecule has 0 aromatic heterocycles. The van der Waals surface area contributed by atoms with Crippen LogP contribution in [0.2, 0.25) is 5.02 Å². The number of nitrogens with zero attached hydrogens (tertiary/aromatic N) is 1. The normalized spacial score (nSPS) is 9.50. The van der Waals surface area contributed by atoms with Crippen molar-refractivity contribution in [2.24, 2.45) is 5.10 Å². The predicted molar refractivity (Wildman–Crippen MR) is 64.3 cm³/mol. The minimum Gasteiger partial charge on any atom is -0.496 e. The Morgan fingerprint density at radius 1 is 1.44 bits per heavy atom. The van der Waals surface area contributed by atoms with E-state index in [0.717, 1.165) is 5.71 Å². The van der Waals surface area contributed by atoms with E-state index in [2.05, 4.69) is 10.5 Å². The molecule has 0 fully saturated rings. The van der Waals surface area contributed by atoms with Gasteiger partial charge in [0.1, 0.15) is 5.75 Å². The first-order valence-corrected chi connectivity index (χ1v) is 5.07. The van der Waals surface area contributed by atoms with Crippen LogP contribution in [0.3, 0.4) is 0 Å². The molecule has 1 rings (SSSR count). The van der Waals surface area contributed by atoms with Gasteiger partial charge in [0.2, 0.25) is 0 Å². The number of methoxy groups -OCH3 is 1. The van der Waals surface area contributed by atoms with Crippen molar-refractivity contribution >= 4 is 23.2 Å². The highest BCUT2D eigenvalue weighted by molar-refractivity contribution is 6.31. The predicted octanol–water partition coefficient (Wildman–Crippen LogP) is 2.47. The lowest BCUT2D eigenvalue weighted by atomic mass is 10.2. The minimum absolute atomic E-state index is 0.347. The van der Waals surface area contributed by atoms with Gasteiger partial charge in [0.15, 0.2) is 0 Å². The molecule has 1 aromatic rings. The largest absolute Gasteiger partial charge is 0.496 e. The Balaban J connectivity index is 2.97. The molecular formula is C11H13ClN2O2. The Morgan fingerprint density at radius 2 is 2.12 bits per heavy atom. The van der Waals surface area contributed by atoms with E-state index in [1.165, 1.54) is 13.2 Å². The van der Waals surface area contributed by atoms with E-state index in [4.69, 9.17) is 16.3 Å². The fourth-order valence-electron chi connectivity index (χ4n) is 1.08. The van der Waals surface area contributed by atoms with Crippen LogP contribution in [0.5, 0.6) is 5.75 Å². The molecule has 0 aliphatic rings. The lowest BCUT2D eigenvalue weighted by Gasteiger charge is -2.07. The maximum absolute atomic E-state index is 11.7. The van der Waals surface area contributed by atoms with Gasteiger partial charge in [-0.3, -0.25) is 4.79 Å². The Bertz CT molecular complexity index is 426. The number of hydrazone groups is 1. The number of nitrogens with one attached hydrogen (secondary N) is 1. The standard InChI is InChI=1S/C11H13ClN2O2/c1-7(2)13-14-11(15)9-6-8(12)4-5-10(9)16-3/h4-6H,1-3H3,(H,14,15). The van der Waals surface area contributed by atoms with Gasteiger partial charge in [0.05, 0.1) is 12.7 Å². The van der Waals surface area contributed by atoms with Gasteiger partial charge in [0, 0.05) is 10.7 Å². The zero-order chi connectivity index (χ0) is 12.1. The fourth-order valence-corrected chi connectivity index (χ4v) is 1.25. The maximum atomic E-state index is 11.7. The quantitative estimate of drug-likeness (QED) is 0.652. The Kier molecular flexibility index (Phi) is 4.31.